The molecule has 0 spiro atoms. The molecule has 19 heavy (non-hydrogen) atoms. The lowest BCUT2D eigenvalue weighted by Crippen LogP contribution is -2.00. The SMILES string of the molecule is CCCCc1c(C2CCCC2)ccc2ccccc12. The van der Waals surface area contributed by atoms with Gasteiger partial charge in [-0.25, -0.2) is 0 Å². The van der Waals surface area contributed by atoms with E-state index in [1.54, 1.807) is 11.1 Å². The Morgan fingerprint density at radius 2 is 1.79 bits per heavy atom. The summed E-state index contributed by atoms with van der Waals surface area (Å²) in [5, 5.41) is 2.91. The van der Waals surface area contributed by atoms with Gasteiger partial charge in [0.25, 0.3) is 0 Å². The predicted molar refractivity (Wildman–Crippen MR) is 83.8 cm³/mol. The van der Waals surface area contributed by atoms with Gasteiger partial charge in [-0.1, -0.05) is 62.6 Å². The molecule has 0 aromatic heterocycles. The minimum atomic E-state index is 0.830. The first kappa shape index (κ1) is 12.7. The first-order valence-electron chi connectivity index (χ1n) is 7.90. The lowest BCUT2D eigenvalue weighted by Gasteiger charge is -2.18. The van der Waals surface area contributed by atoms with Gasteiger partial charge in [0.15, 0.2) is 0 Å². The fourth-order valence-corrected chi connectivity index (χ4v) is 3.60. The second-order valence-electron chi connectivity index (χ2n) is 5.94. The van der Waals surface area contributed by atoms with Crippen molar-refractivity contribution in [2.75, 3.05) is 0 Å². The molecule has 1 aliphatic rings. The molecule has 1 aliphatic carbocycles. The summed E-state index contributed by atoms with van der Waals surface area (Å²) < 4.78 is 0. The topological polar surface area (TPSA) is 0 Å². The second-order valence-corrected chi connectivity index (χ2v) is 5.94. The van der Waals surface area contributed by atoms with Crippen molar-refractivity contribution in [3.8, 4) is 0 Å². The van der Waals surface area contributed by atoms with E-state index in [0.717, 1.165) is 5.92 Å². The highest BCUT2D eigenvalue weighted by molar-refractivity contribution is 5.87. The normalized spacial score (nSPS) is 16.3. The molecule has 0 heterocycles. The smallest absolute Gasteiger partial charge is 0.0149 e. The molecule has 3 rings (SSSR count). The number of unbranched alkanes of at least 4 members (excludes halogenated alkanes) is 1. The fraction of sp³-hybridized carbons (Fsp3) is 0.474. The Morgan fingerprint density at radius 1 is 1.00 bits per heavy atom. The van der Waals surface area contributed by atoms with E-state index in [9.17, 15) is 0 Å². The molecule has 1 fully saturated rings. The van der Waals surface area contributed by atoms with E-state index in [1.165, 1.54) is 55.7 Å². The van der Waals surface area contributed by atoms with E-state index in [2.05, 4.69) is 43.3 Å². The summed E-state index contributed by atoms with van der Waals surface area (Å²) in [6.45, 7) is 2.29. The van der Waals surface area contributed by atoms with E-state index in [-0.39, 0.29) is 0 Å². The maximum absolute atomic E-state index is 2.42. The molecule has 2 aromatic carbocycles. The fourth-order valence-electron chi connectivity index (χ4n) is 3.60. The van der Waals surface area contributed by atoms with Crippen molar-refractivity contribution in [1.82, 2.24) is 0 Å². The summed E-state index contributed by atoms with van der Waals surface area (Å²) in [4.78, 5) is 0. The highest BCUT2D eigenvalue weighted by Gasteiger charge is 2.20. The molecule has 0 atom stereocenters. The van der Waals surface area contributed by atoms with E-state index < -0.39 is 0 Å². The molecule has 0 unspecified atom stereocenters. The Hall–Kier alpha value is -1.30. The standard InChI is InChI=1S/C19H24/c1-2-3-11-19-17-12-7-6-10-16(17)13-14-18(19)15-8-4-5-9-15/h6-7,10,12-15H,2-5,8-9,11H2,1H3. The summed E-state index contributed by atoms with van der Waals surface area (Å²) in [7, 11) is 0. The van der Waals surface area contributed by atoms with Crippen LogP contribution < -0.4 is 0 Å². The Labute approximate surface area is 116 Å². The lowest BCUT2D eigenvalue weighted by atomic mass is 9.87. The monoisotopic (exact) mass is 252 g/mol. The van der Waals surface area contributed by atoms with Crippen molar-refractivity contribution in [1.29, 1.82) is 0 Å². The molecule has 0 heteroatoms. The van der Waals surface area contributed by atoms with Gasteiger partial charge in [0, 0.05) is 0 Å². The van der Waals surface area contributed by atoms with E-state index >= 15 is 0 Å². The Kier molecular flexibility index (Phi) is 3.87. The van der Waals surface area contributed by atoms with Crippen LogP contribution in [0.25, 0.3) is 10.8 Å². The molecule has 0 amide bonds. The van der Waals surface area contributed by atoms with E-state index in [4.69, 9.17) is 0 Å². The third kappa shape index (κ3) is 2.54. The van der Waals surface area contributed by atoms with Crippen LogP contribution in [0.15, 0.2) is 36.4 Å². The average molecular weight is 252 g/mol. The second kappa shape index (κ2) is 5.77. The molecule has 100 valence electrons. The molecule has 0 saturated heterocycles. The molecule has 0 aliphatic heterocycles. The van der Waals surface area contributed by atoms with Gasteiger partial charge in [0.1, 0.15) is 0 Å². The quantitative estimate of drug-likeness (QED) is 0.641. The van der Waals surface area contributed by atoms with Crippen molar-refractivity contribution in [2.45, 2.75) is 57.8 Å². The minimum absolute atomic E-state index is 0.830. The summed E-state index contributed by atoms with van der Waals surface area (Å²) in [6, 6.07) is 13.7. The maximum Gasteiger partial charge on any atom is -0.0149 e. The van der Waals surface area contributed by atoms with Crippen LogP contribution in [0.2, 0.25) is 0 Å². The van der Waals surface area contributed by atoms with Crippen LogP contribution in [0.1, 0.15) is 62.5 Å². The van der Waals surface area contributed by atoms with Gasteiger partial charge in [0.05, 0.1) is 0 Å². The van der Waals surface area contributed by atoms with Gasteiger partial charge in [-0.3, -0.25) is 0 Å². The van der Waals surface area contributed by atoms with Crippen LogP contribution in [0, 0.1) is 0 Å². The number of hydrogen-bond acceptors (Lipinski definition) is 0. The van der Waals surface area contributed by atoms with Crippen LogP contribution in [-0.4, -0.2) is 0 Å². The van der Waals surface area contributed by atoms with E-state index in [0.29, 0.717) is 0 Å². The largest absolute Gasteiger partial charge is 0.0654 e. The minimum Gasteiger partial charge on any atom is -0.0654 e. The van der Waals surface area contributed by atoms with Gasteiger partial charge in [-0.05, 0) is 53.5 Å². The zero-order valence-corrected chi connectivity index (χ0v) is 12.0. The molecule has 2 aromatic rings. The van der Waals surface area contributed by atoms with Crippen LogP contribution in [-0.2, 0) is 6.42 Å². The van der Waals surface area contributed by atoms with E-state index in [1.807, 2.05) is 0 Å². The Bertz CT molecular complexity index is 547. The zero-order chi connectivity index (χ0) is 13.1. The summed E-state index contributed by atoms with van der Waals surface area (Å²) >= 11 is 0. The van der Waals surface area contributed by atoms with Crippen molar-refractivity contribution in [3.63, 3.8) is 0 Å². The number of aryl methyl sites for hydroxylation is 1. The van der Waals surface area contributed by atoms with Crippen LogP contribution >= 0.6 is 0 Å². The number of rotatable bonds is 4. The molecule has 0 nitrogen and oxygen atoms in total. The summed E-state index contributed by atoms with van der Waals surface area (Å²) in [5.74, 6) is 0.830. The van der Waals surface area contributed by atoms with Crippen molar-refractivity contribution >= 4 is 10.8 Å². The lowest BCUT2D eigenvalue weighted by molar-refractivity contribution is 0.702. The average Bonchev–Trinajstić information content (AvgIpc) is 2.98. The Balaban J connectivity index is 2.08. The molecule has 0 bridgehead atoms. The Morgan fingerprint density at radius 3 is 2.58 bits per heavy atom. The first-order chi connectivity index (χ1) is 9.40. The number of fused-ring (bicyclic) bond motifs is 1. The van der Waals surface area contributed by atoms with Crippen molar-refractivity contribution in [3.05, 3.63) is 47.5 Å². The van der Waals surface area contributed by atoms with Gasteiger partial charge in [0.2, 0.25) is 0 Å². The molecule has 0 N–H and O–H groups in total. The summed E-state index contributed by atoms with van der Waals surface area (Å²) in [6.07, 6.45) is 9.50. The zero-order valence-electron chi connectivity index (χ0n) is 12.0. The predicted octanol–water partition coefficient (Wildman–Crippen LogP) is 5.84. The van der Waals surface area contributed by atoms with Crippen LogP contribution in [0.4, 0.5) is 0 Å². The molecular formula is C19H24. The molecular weight excluding hydrogens is 228 g/mol. The third-order valence-electron chi connectivity index (χ3n) is 4.65. The van der Waals surface area contributed by atoms with Gasteiger partial charge < -0.3 is 0 Å². The van der Waals surface area contributed by atoms with Gasteiger partial charge >= 0.3 is 0 Å². The van der Waals surface area contributed by atoms with Gasteiger partial charge in [-0.2, -0.15) is 0 Å². The highest BCUT2D eigenvalue weighted by Crippen LogP contribution is 2.38. The number of benzene rings is 2. The third-order valence-corrected chi connectivity index (χ3v) is 4.65. The van der Waals surface area contributed by atoms with Crippen molar-refractivity contribution < 1.29 is 0 Å². The van der Waals surface area contributed by atoms with Crippen molar-refractivity contribution in [2.24, 2.45) is 0 Å². The van der Waals surface area contributed by atoms with Gasteiger partial charge in [-0.15, -0.1) is 0 Å². The molecule has 0 radical (unpaired) electrons. The van der Waals surface area contributed by atoms with Crippen LogP contribution in [0.3, 0.4) is 0 Å². The van der Waals surface area contributed by atoms with Crippen LogP contribution in [0.5, 0.6) is 0 Å². The highest BCUT2D eigenvalue weighted by atomic mass is 14.2. The maximum atomic E-state index is 2.42. The summed E-state index contributed by atoms with van der Waals surface area (Å²) in [5.41, 5.74) is 3.30. The first-order valence-corrected chi connectivity index (χ1v) is 7.90. The number of hydrogen-bond donors (Lipinski definition) is 0. The molecule has 1 saturated carbocycles.